The van der Waals surface area contributed by atoms with Crippen molar-refractivity contribution in [1.29, 1.82) is 0 Å². The van der Waals surface area contributed by atoms with Crippen LogP contribution < -0.4 is 5.32 Å². The van der Waals surface area contributed by atoms with Crippen LogP contribution in [-0.4, -0.2) is 37.5 Å². The molecule has 6 nitrogen and oxygen atoms in total. The van der Waals surface area contributed by atoms with Crippen LogP contribution in [0.3, 0.4) is 0 Å². The van der Waals surface area contributed by atoms with Crippen molar-refractivity contribution in [3.05, 3.63) is 30.6 Å². The molecule has 0 saturated carbocycles. The highest BCUT2D eigenvalue weighted by Gasteiger charge is 2.45. The van der Waals surface area contributed by atoms with Gasteiger partial charge < -0.3 is 10.1 Å². The van der Waals surface area contributed by atoms with Crippen molar-refractivity contribution in [3.8, 4) is 5.69 Å². The van der Waals surface area contributed by atoms with E-state index < -0.39 is 0 Å². The Bertz CT molecular complexity index is 621. The molecular weight excluding hydrogens is 266 g/mol. The van der Waals surface area contributed by atoms with Crippen molar-refractivity contribution in [2.75, 3.05) is 5.32 Å². The minimum atomic E-state index is -0.225. The first-order valence-corrected chi connectivity index (χ1v) is 7.16. The third kappa shape index (κ3) is 2.76. The summed E-state index contributed by atoms with van der Waals surface area (Å²) in [4.78, 5) is 0. The summed E-state index contributed by atoms with van der Waals surface area (Å²) in [5.41, 5.74) is 1.59. The summed E-state index contributed by atoms with van der Waals surface area (Å²) < 4.78 is 7.80. The summed E-state index contributed by atoms with van der Waals surface area (Å²) in [7, 11) is 0. The van der Waals surface area contributed by atoms with Crippen LogP contribution in [0, 0.1) is 0 Å². The van der Waals surface area contributed by atoms with Crippen LogP contribution in [-0.2, 0) is 4.74 Å². The minimum Gasteiger partial charge on any atom is -0.378 e. The van der Waals surface area contributed by atoms with E-state index in [2.05, 4.69) is 48.5 Å². The SMILES string of the molecule is CC1(C)CC(Nc2ccccc2-n2cnnn2)C(C)(C)O1. The molecule has 112 valence electrons. The van der Waals surface area contributed by atoms with Gasteiger partial charge in [0, 0.05) is 0 Å². The molecule has 1 saturated heterocycles. The molecule has 1 fully saturated rings. The summed E-state index contributed by atoms with van der Waals surface area (Å²) in [6.45, 7) is 8.51. The van der Waals surface area contributed by atoms with Gasteiger partial charge in [0.25, 0.3) is 0 Å². The first-order valence-electron chi connectivity index (χ1n) is 7.16. The highest BCUT2D eigenvalue weighted by molar-refractivity contribution is 5.61. The maximum atomic E-state index is 6.14. The van der Waals surface area contributed by atoms with Crippen molar-refractivity contribution in [3.63, 3.8) is 0 Å². The summed E-state index contributed by atoms with van der Waals surface area (Å²) >= 11 is 0. The van der Waals surface area contributed by atoms with E-state index in [1.807, 2.05) is 24.3 Å². The van der Waals surface area contributed by atoms with E-state index in [0.717, 1.165) is 17.8 Å². The van der Waals surface area contributed by atoms with E-state index in [1.165, 1.54) is 0 Å². The molecule has 2 aromatic rings. The number of ether oxygens (including phenoxy) is 1. The largest absolute Gasteiger partial charge is 0.378 e. The third-order valence-electron chi connectivity index (χ3n) is 3.90. The number of para-hydroxylation sites is 2. The van der Waals surface area contributed by atoms with Crippen LogP contribution in [0.25, 0.3) is 5.69 Å². The number of hydrogen-bond acceptors (Lipinski definition) is 5. The fraction of sp³-hybridized carbons (Fsp3) is 0.533. The number of anilines is 1. The lowest BCUT2D eigenvalue weighted by Crippen LogP contribution is -2.38. The van der Waals surface area contributed by atoms with Gasteiger partial charge in [0.1, 0.15) is 6.33 Å². The van der Waals surface area contributed by atoms with E-state index in [4.69, 9.17) is 4.74 Å². The quantitative estimate of drug-likeness (QED) is 0.939. The summed E-state index contributed by atoms with van der Waals surface area (Å²) in [5.74, 6) is 0. The van der Waals surface area contributed by atoms with E-state index in [0.29, 0.717) is 0 Å². The normalized spacial score (nSPS) is 23.1. The number of benzene rings is 1. The van der Waals surface area contributed by atoms with Crippen LogP contribution >= 0.6 is 0 Å². The van der Waals surface area contributed by atoms with Crippen molar-refractivity contribution in [1.82, 2.24) is 20.2 Å². The average Bonchev–Trinajstić information content (AvgIpc) is 2.96. The smallest absolute Gasteiger partial charge is 0.143 e. The van der Waals surface area contributed by atoms with Crippen LogP contribution in [0.15, 0.2) is 30.6 Å². The lowest BCUT2D eigenvalue weighted by molar-refractivity contribution is -0.0662. The summed E-state index contributed by atoms with van der Waals surface area (Å²) in [5, 5.41) is 15.0. The molecule has 1 aliphatic heterocycles. The van der Waals surface area contributed by atoms with E-state index in [-0.39, 0.29) is 17.2 Å². The van der Waals surface area contributed by atoms with Gasteiger partial charge in [0.05, 0.1) is 28.6 Å². The molecule has 1 aromatic heterocycles. The Morgan fingerprint density at radius 1 is 1.24 bits per heavy atom. The highest BCUT2D eigenvalue weighted by atomic mass is 16.5. The summed E-state index contributed by atoms with van der Waals surface area (Å²) in [6.07, 6.45) is 2.55. The predicted molar refractivity (Wildman–Crippen MR) is 80.4 cm³/mol. The van der Waals surface area contributed by atoms with Crippen molar-refractivity contribution in [2.24, 2.45) is 0 Å². The van der Waals surface area contributed by atoms with E-state index in [1.54, 1.807) is 11.0 Å². The number of nitrogens with zero attached hydrogens (tertiary/aromatic N) is 4. The molecule has 2 heterocycles. The van der Waals surface area contributed by atoms with Gasteiger partial charge >= 0.3 is 0 Å². The first-order chi connectivity index (χ1) is 9.87. The zero-order chi connectivity index (χ0) is 15.1. The Morgan fingerprint density at radius 3 is 2.62 bits per heavy atom. The Labute approximate surface area is 124 Å². The maximum absolute atomic E-state index is 6.14. The molecule has 1 N–H and O–H groups in total. The van der Waals surface area contributed by atoms with Crippen LogP contribution in [0.5, 0.6) is 0 Å². The molecule has 3 rings (SSSR count). The molecule has 0 amide bonds. The molecule has 0 bridgehead atoms. The average molecular weight is 287 g/mol. The number of aromatic nitrogens is 4. The summed E-state index contributed by atoms with van der Waals surface area (Å²) in [6, 6.07) is 8.24. The Kier molecular flexibility index (Phi) is 3.20. The number of tetrazole rings is 1. The molecule has 1 aliphatic rings. The number of hydrogen-bond donors (Lipinski definition) is 1. The second kappa shape index (κ2) is 4.80. The van der Waals surface area contributed by atoms with Gasteiger partial charge in [-0.2, -0.15) is 4.68 Å². The molecule has 0 spiro atoms. The second-order valence-electron chi connectivity index (χ2n) is 6.64. The Hall–Kier alpha value is -1.95. The van der Waals surface area contributed by atoms with E-state index >= 15 is 0 Å². The highest BCUT2D eigenvalue weighted by Crippen LogP contribution is 2.39. The third-order valence-corrected chi connectivity index (χ3v) is 3.90. The zero-order valence-corrected chi connectivity index (χ0v) is 12.9. The fourth-order valence-electron chi connectivity index (χ4n) is 3.04. The van der Waals surface area contributed by atoms with Crippen molar-refractivity contribution in [2.45, 2.75) is 51.4 Å². The van der Waals surface area contributed by atoms with Gasteiger partial charge in [-0.25, -0.2) is 0 Å². The standard InChI is InChI=1S/C15H21N5O/c1-14(2)9-13(15(3,4)21-14)17-11-7-5-6-8-12(11)20-10-16-18-19-20/h5-8,10,13,17H,9H2,1-4H3. The predicted octanol–water partition coefficient (Wildman–Crippen LogP) is 2.42. The number of nitrogens with one attached hydrogen (secondary N) is 1. The molecule has 0 aliphatic carbocycles. The minimum absolute atomic E-state index is 0.120. The van der Waals surface area contributed by atoms with Gasteiger partial charge in [0.15, 0.2) is 0 Å². The van der Waals surface area contributed by atoms with E-state index in [9.17, 15) is 0 Å². The van der Waals surface area contributed by atoms with Gasteiger partial charge in [0.2, 0.25) is 0 Å². The fourth-order valence-corrected chi connectivity index (χ4v) is 3.04. The van der Waals surface area contributed by atoms with Gasteiger partial charge in [-0.15, -0.1) is 5.10 Å². The van der Waals surface area contributed by atoms with Crippen LogP contribution in [0.2, 0.25) is 0 Å². The topological polar surface area (TPSA) is 64.9 Å². The number of rotatable bonds is 3. The zero-order valence-electron chi connectivity index (χ0n) is 12.9. The van der Waals surface area contributed by atoms with Crippen LogP contribution in [0.1, 0.15) is 34.1 Å². The molecule has 6 heteroatoms. The second-order valence-corrected chi connectivity index (χ2v) is 6.64. The first kappa shape index (κ1) is 14.0. The molecule has 1 aromatic carbocycles. The molecule has 0 radical (unpaired) electrons. The molecule has 1 unspecified atom stereocenters. The lowest BCUT2D eigenvalue weighted by atomic mass is 9.94. The van der Waals surface area contributed by atoms with Crippen LogP contribution in [0.4, 0.5) is 5.69 Å². The van der Waals surface area contributed by atoms with Crippen molar-refractivity contribution >= 4 is 5.69 Å². The molecule has 1 atom stereocenters. The Balaban J connectivity index is 1.90. The molecular formula is C15H21N5O. The van der Waals surface area contributed by atoms with Gasteiger partial charge in [-0.1, -0.05) is 12.1 Å². The van der Waals surface area contributed by atoms with Gasteiger partial charge in [-0.05, 0) is 56.7 Å². The van der Waals surface area contributed by atoms with Crippen molar-refractivity contribution < 1.29 is 4.74 Å². The Morgan fingerprint density at radius 2 is 2.00 bits per heavy atom. The molecule has 21 heavy (non-hydrogen) atoms. The maximum Gasteiger partial charge on any atom is 0.143 e. The monoisotopic (exact) mass is 287 g/mol. The lowest BCUT2D eigenvalue weighted by Gasteiger charge is -2.28. The van der Waals surface area contributed by atoms with Gasteiger partial charge in [-0.3, -0.25) is 0 Å².